The van der Waals surface area contributed by atoms with Crippen LogP contribution in [0.3, 0.4) is 0 Å². The van der Waals surface area contributed by atoms with Crippen LogP contribution in [0.1, 0.15) is 37.0 Å². The van der Waals surface area contributed by atoms with Gasteiger partial charge in [-0.05, 0) is 56.2 Å². The van der Waals surface area contributed by atoms with Crippen LogP contribution in [0, 0.1) is 0 Å². The van der Waals surface area contributed by atoms with Crippen molar-refractivity contribution >= 4 is 23.3 Å². The Labute approximate surface area is 167 Å². The van der Waals surface area contributed by atoms with Crippen LogP contribution >= 0.6 is 0 Å². The Balaban J connectivity index is 1.70. The molecule has 1 atom stereocenters. The molecule has 150 valence electrons. The number of hydrogen-bond donors (Lipinski definition) is 3. The van der Waals surface area contributed by atoms with Gasteiger partial charge in [-0.2, -0.15) is 0 Å². The van der Waals surface area contributed by atoms with Crippen LogP contribution in [0.2, 0.25) is 0 Å². The molecule has 0 spiro atoms. The van der Waals surface area contributed by atoms with Gasteiger partial charge in [-0.1, -0.05) is 25.1 Å². The zero-order valence-electron chi connectivity index (χ0n) is 16.9. The topological polar surface area (TPSA) is 73.5 Å². The van der Waals surface area contributed by atoms with Gasteiger partial charge in [0.05, 0.1) is 0 Å². The highest BCUT2D eigenvalue weighted by Crippen LogP contribution is 2.11. The van der Waals surface area contributed by atoms with Crippen molar-refractivity contribution in [3.63, 3.8) is 0 Å². The van der Waals surface area contributed by atoms with E-state index in [1.807, 2.05) is 39.1 Å². The Morgan fingerprint density at radius 1 is 1.04 bits per heavy atom. The van der Waals surface area contributed by atoms with Crippen LogP contribution in [-0.4, -0.2) is 38.1 Å². The van der Waals surface area contributed by atoms with E-state index in [0.717, 1.165) is 25.1 Å². The van der Waals surface area contributed by atoms with Crippen molar-refractivity contribution in [1.82, 2.24) is 10.6 Å². The lowest BCUT2D eigenvalue weighted by Gasteiger charge is -2.19. The van der Waals surface area contributed by atoms with Gasteiger partial charge in [-0.15, -0.1) is 0 Å². The number of carbonyl (C=O) groups is 2. The summed E-state index contributed by atoms with van der Waals surface area (Å²) in [5, 5.41) is 8.56. The van der Waals surface area contributed by atoms with E-state index in [2.05, 4.69) is 33.0 Å². The molecule has 2 aromatic rings. The first kappa shape index (κ1) is 21.3. The molecule has 0 aliphatic heterocycles. The molecular weight excluding hydrogens is 352 g/mol. The summed E-state index contributed by atoms with van der Waals surface area (Å²) in [4.78, 5) is 26.2. The van der Waals surface area contributed by atoms with Gasteiger partial charge >= 0.3 is 6.03 Å². The normalized spacial score (nSPS) is 11.4. The maximum absolute atomic E-state index is 12.1. The van der Waals surface area contributed by atoms with Crippen molar-refractivity contribution in [1.29, 1.82) is 0 Å². The molecule has 0 aliphatic rings. The number of anilines is 2. The Kier molecular flexibility index (Phi) is 8.34. The van der Waals surface area contributed by atoms with Gasteiger partial charge in [0.25, 0.3) is 5.91 Å². The number of carbonyl (C=O) groups excluding carboxylic acids is 2. The second kappa shape index (κ2) is 11.0. The third-order valence-electron chi connectivity index (χ3n) is 4.55. The highest BCUT2D eigenvalue weighted by Gasteiger charge is 2.09. The maximum Gasteiger partial charge on any atom is 0.319 e. The predicted octanol–water partition coefficient (Wildman–Crippen LogP) is 3.86. The second-order valence-corrected chi connectivity index (χ2v) is 6.85. The fraction of sp³-hybridized carbons (Fsp3) is 0.364. The molecule has 2 aromatic carbocycles. The number of para-hydroxylation sites is 1. The van der Waals surface area contributed by atoms with Gasteiger partial charge in [0.1, 0.15) is 0 Å². The summed E-state index contributed by atoms with van der Waals surface area (Å²) < 4.78 is 0. The zero-order chi connectivity index (χ0) is 20.4. The van der Waals surface area contributed by atoms with Gasteiger partial charge in [0.15, 0.2) is 0 Å². The van der Waals surface area contributed by atoms with E-state index in [-0.39, 0.29) is 18.0 Å². The molecule has 0 radical (unpaired) electrons. The number of hydrogen-bond acceptors (Lipinski definition) is 3. The monoisotopic (exact) mass is 382 g/mol. The maximum atomic E-state index is 12.1. The smallest absolute Gasteiger partial charge is 0.319 e. The fourth-order valence-corrected chi connectivity index (χ4v) is 2.62. The molecule has 0 saturated heterocycles. The van der Waals surface area contributed by atoms with E-state index in [1.54, 1.807) is 24.3 Å². The third kappa shape index (κ3) is 6.95. The lowest BCUT2D eigenvalue weighted by Crippen LogP contribution is -2.32. The third-order valence-corrected chi connectivity index (χ3v) is 4.55. The minimum Gasteiger partial charge on any atom is -0.375 e. The molecule has 1 unspecified atom stereocenters. The minimum absolute atomic E-state index is 0.104. The first-order chi connectivity index (χ1) is 13.5. The van der Waals surface area contributed by atoms with Crippen LogP contribution in [0.5, 0.6) is 0 Å². The van der Waals surface area contributed by atoms with E-state index in [1.165, 1.54) is 0 Å². The summed E-state index contributed by atoms with van der Waals surface area (Å²) in [6.45, 7) is 5.43. The lowest BCUT2D eigenvalue weighted by atomic mass is 10.1. The van der Waals surface area contributed by atoms with Gasteiger partial charge in [0.2, 0.25) is 0 Å². The summed E-state index contributed by atoms with van der Waals surface area (Å²) in [6, 6.07) is 16.9. The van der Waals surface area contributed by atoms with Crippen LogP contribution in [0.4, 0.5) is 16.2 Å². The Morgan fingerprint density at radius 3 is 2.36 bits per heavy atom. The number of amides is 3. The first-order valence-corrected chi connectivity index (χ1v) is 9.71. The average molecular weight is 383 g/mol. The molecule has 0 aliphatic carbocycles. The van der Waals surface area contributed by atoms with E-state index in [9.17, 15) is 9.59 Å². The quantitative estimate of drug-likeness (QED) is 0.577. The average Bonchev–Trinajstić information content (AvgIpc) is 2.72. The molecule has 0 heterocycles. The number of urea groups is 1. The van der Waals surface area contributed by atoms with Gasteiger partial charge in [0, 0.05) is 43.1 Å². The van der Waals surface area contributed by atoms with Crippen LogP contribution < -0.4 is 20.9 Å². The van der Waals surface area contributed by atoms with Crippen molar-refractivity contribution in [2.75, 3.05) is 30.4 Å². The number of nitrogens with one attached hydrogen (secondary N) is 3. The SMILES string of the molecule is CCC(C)NC(=O)c1ccc(NC(=O)NCCCN(C)c2ccccc2)cc1. The largest absolute Gasteiger partial charge is 0.375 e. The molecule has 6 heteroatoms. The first-order valence-electron chi connectivity index (χ1n) is 9.71. The van der Waals surface area contributed by atoms with Crippen LogP contribution in [-0.2, 0) is 0 Å². The van der Waals surface area contributed by atoms with E-state index >= 15 is 0 Å². The summed E-state index contributed by atoms with van der Waals surface area (Å²) in [6.07, 6.45) is 1.72. The standard InChI is InChI=1S/C22H30N4O2/c1-4-17(2)24-21(27)18-11-13-19(14-12-18)25-22(28)23-15-8-16-26(3)20-9-6-5-7-10-20/h5-7,9-14,17H,4,8,15-16H2,1-3H3,(H,24,27)(H2,23,25,28). The molecule has 0 bridgehead atoms. The summed E-state index contributed by atoms with van der Waals surface area (Å²) in [7, 11) is 2.04. The zero-order valence-corrected chi connectivity index (χ0v) is 16.9. The van der Waals surface area contributed by atoms with E-state index in [0.29, 0.717) is 17.8 Å². The van der Waals surface area contributed by atoms with Crippen molar-refractivity contribution in [3.05, 3.63) is 60.2 Å². The summed E-state index contributed by atoms with van der Waals surface area (Å²) in [5.74, 6) is -0.104. The molecule has 28 heavy (non-hydrogen) atoms. The van der Waals surface area contributed by atoms with Crippen molar-refractivity contribution in [3.8, 4) is 0 Å². The van der Waals surface area contributed by atoms with Crippen LogP contribution in [0.15, 0.2) is 54.6 Å². The molecule has 0 aromatic heterocycles. The van der Waals surface area contributed by atoms with Crippen LogP contribution in [0.25, 0.3) is 0 Å². The van der Waals surface area contributed by atoms with Gasteiger partial charge < -0.3 is 20.9 Å². The fourth-order valence-electron chi connectivity index (χ4n) is 2.62. The van der Waals surface area contributed by atoms with Crippen molar-refractivity contribution < 1.29 is 9.59 Å². The minimum atomic E-state index is -0.251. The summed E-state index contributed by atoms with van der Waals surface area (Å²) in [5.41, 5.74) is 2.39. The predicted molar refractivity (Wildman–Crippen MR) is 115 cm³/mol. The molecule has 2 rings (SSSR count). The van der Waals surface area contributed by atoms with Crippen molar-refractivity contribution in [2.24, 2.45) is 0 Å². The second-order valence-electron chi connectivity index (χ2n) is 6.85. The molecule has 3 amide bonds. The van der Waals surface area contributed by atoms with Crippen molar-refractivity contribution in [2.45, 2.75) is 32.7 Å². The molecule has 6 nitrogen and oxygen atoms in total. The van der Waals surface area contributed by atoms with E-state index < -0.39 is 0 Å². The lowest BCUT2D eigenvalue weighted by molar-refractivity contribution is 0.0939. The highest BCUT2D eigenvalue weighted by molar-refractivity contribution is 5.95. The number of rotatable bonds is 9. The molecular formula is C22H30N4O2. The number of nitrogens with zero attached hydrogens (tertiary/aromatic N) is 1. The highest BCUT2D eigenvalue weighted by atomic mass is 16.2. The molecule has 0 saturated carbocycles. The Morgan fingerprint density at radius 2 is 1.71 bits per heavy atom. The summed E-state index contributed by atoms with van der Waals surface area (Å²) >= 11 is 0. The van der Waals surface area contributed by atoms with Gasteiger partial charge in [-0.25, -0.2) is 4.79 Å². The van der Waals surface area contributed by atoms with Gasteiger partial charge in [-0.3, -0.25) is 4.79 Å². The van der Waals surface area contributed by atoms with E-state index in [4.69, 9.17) is 0 Å². The number of benzene rings is 2. The Hall–Kier alpha value is -3.02. The Bertz CT molecular complexity index is 747. The molecule has 0 fully saturated rings. The molecule has 3 N–H and O–H groups in total.